The second kappa shape index (κ2) is 32.8. The van der Waals surface area contributed by atoms with Crippen molar-refractivity contribution in [2.24, 2.45) is 0 Å². The number of benzene rings is 5. The van der Waals surface area contributed by atoms with Crippen LogP contribution in [0.2, 0.25) is 0 Å². The molecule has 0 saturated carbocycles. The number of nitrogens with zero attached hydrogens (tertiary/aromatic N) is 4. The molecule has 8 aromatic heterocycles. The zero-order valence-electron chi connectivity index (χ0n) is 64.1. The minimum absolute atomic E-state index is 0.0808. The second-order valence-electron chi connectivity index (χ2n) is 30.3. The number of ether oxygens (including phenoxy) is 1. The molecule has 0 bridgehead atoms. The Hall–Kier alpha value is -9.92. The maximum absolute atomic E-state index is 14.4. The van der Waals surface area contributed by atoms with Crippen molar-refractivity contribution in [2.45, 2.75) is 161 Å². The summed E-state index contributed by atoms with van der Waals surface area (Å²) in [6.07, 6.45) is 24.9. The van der Waals surface area contributed by atoms with Crippen LogP contribution in [0.4, 0.5) is 0 Å². The summed E-state index contributed by atoms with van der Waals surface area (Å²) in [4.78, 5) is 36.0. The fraction of sp³-hybridized carbons (Fsp3) is 0.265. The van der Waals surface area contributed by atoms with E-state index in [1.54, 1.807) is 40.2 Å². The number of hydrogen-bond donors (Lipinski definition) is 1. The highest BCUT2D eigenvalue weighted by Crippen LogP contribution is 2.69. The van der Waals surface area contributed by atoms with Gasteiger partial charge in [0.25, 0.3) is 0 Å². The number of fused-ring (bicyclic) bond motifs is 12. The summed E-state index contributed by atoms with van der Waals surface area (Å²) in [5, 5.41) is 60.5. The van der Waals surface area contributed by atoms with E-state index in [1.807, 2.05) is 68.4 Å². The number of nitriles is 4. The number of aryl methyl sites for hydroxylation is 3. The molecular formula is C98H82N4O4S8. The minimum Gasteiger partial charge on any atom is -0.506 e. The summed E-state index contributed by atoms with van der Waals surface area (Å²) >= 11 is 13.0. The zero-order valence-corrected chi connectivity index (χ0v) is 70.6. The van der Waals surface area contributed by atoms with Crippen molar-refractivity contribution >= 4 is 144 Å². The van der Waals surface area contributed by atoms with Crippen LogP contribution in [-0.4, -0.2) is 23.3 Å². The van der Waals surface area contributed by atoms with Crippen LogP contribution < -0.4 is 4.74 Å². The fourth-order valence-electron chi connectivity index (χ4n) is 17.8. The van der Waals surface area contributed by atoms with E-state index < -0.39 is 10.8 Å². The summed E-state index contributed by atoms with van der Waals surface area (Å²) in [5.41, 5.74) is 17.8. The molecule has 114 heavy (non-hydrogen) atoms. The zero-order chi connectivity index (χ0) is 78.4. The predicted octanol–water partition coefficient (Wildman–Crippen LogP) is 28.7. The molecule has 8 nitrogen and oxygen atoms in total. The topological polar surface area (TPSA) is 159 Å². The van der Waals surface area contributed by atoms with Crippen LogP contribution >= 0.6 is 90.7 Å². The number of rotatable bonds is 29. The van der Waals surface area contributed by atoms with Gasteiger partial charge in [-0.2, -0.15) is 43.7 Å². The second-order valence-corrected chi connectivity index (χ2v) is 38.2. The van der Waals surface area contributed by atoms with Crippen LogP contribution in [0.5, 0.6) is 11.5 Å². The molecule has 566 valence electrons. The standard InChI is InChI=1S/C98H82N4O4S8/c1-5-9-13-18-24-58-29-35-64(36-30-58)97(63-27-21-17-22-28-63)77-46-70-78(47-69(77)91-87(97)95-83(111-91)48-81(113-95)93-79(103)44-67(109-93)42-71-85(61(50-99)51-100)73-54-107-56-75(73)89(71)104)98(65-37-31-59(32-38-65)25-19-14-10-6-2,66-39-33-60(34-40-66)26-20-15-11-7-3)88-92(70)112-84-49-82(114-96(84)88)94-80(106-41-23-16-12-8-4)45-68(110-94)43-72-86(62(52-101)53-102)74-55-108-57-76(74)90(72)105/h17,21-22,27-40,42-49,54-57,103H,5-16,18-20,23-26,41H2,1-4H3/b71-42-,72-43-. The maximum atomic E-state index is 14.4. The van der Waals surface area contributed by atoms with Gasteiger partial charge in [-0.05, 0) is 165 Å². The Bertz CT molecular complexity index is 6170. The molecule has 8 heterocycles. The van der Waals surface area contributed by atoms with Gasteiger partial charge in [0.15, 0.2) is 11.6 Å². The molecule has 16 heteroatoms. The molecule has 1 unspecified atom stereocenters. The third-order valence-corrected chi connectivity index (χ3v) is 32.2. The molecule has 0 spiro atoms. The van der Waals surface area contributed by atoms with Crippen LogP contribution in [0.3, 0.4) is 0 Å². The number of unbranched alkanes of at least 4 members (excludes halogenated alkanes) is 12. The highest BCUT2D eigenvalue weighted by Gasteiger charge is 2.55. The van der Waals surface area contributed by atoms with Crippen molar-refractivity contribution in [3.63, 3.8) is 0 Å². The van der Waals surface area contributed by atoms with Crippen LogP contribution in [-0.2, 0) is 30.1 Å². The van der Waals surface area contributed by atoms with Gasteiger partial charge in [-0.25, -0.2) is 0 Å². The van der Waals surface area contributed by atoms with Gasteiger partial charge < -0.3 is 9.84 Å². The van der Waals surface area contributed by atoms with Gasteiger partial charge in [-0.1, -0.05) is 208 Å². The molecular weight excluding hydrogens is 1550 g/mol. The normalized spacial score (nSPS) is 15.5. The minimum atomic E-state index is -0.832. The lowest BCUT2D eigenvalue weighted by molar-refractivity contribution is 0.103. The molecule has 0 radical (unpaired) electrons. The highest BCUT2D eigenvalue weighted by atomic mass is 32.1. The Labute approximate surface area is 698 Å². The third-order valence-electron chi connectivity index (χ3n) is 23.3. The lowest BCUT2D eigenvalue weighted by atomic mass is 9.65. The van der Waals surface area contributed by atoms with Gasteiger partial charge >= 0.3 is 0 Å². The number of thiophene rings is 8. The predicted molar refractivity (Wildman–Crippen MR) is 479 cm³/mol. The quantitative estimate of drug-likeness (QED) is 0.0276. The first-order valence-corrected chi connectivity index (χ1v) is 46.7. The number of ketones is 2. The number of Topliss-reactive ketones (excluding diaryl/α,β-unsaturated/α-hetero) is 2. The average molecular weight is 1640 g/mol. The van der Waals surface area contributed by atoms with E-state index in [0.29, 0.717) is 55.3 Å². The molecule has 0 saturated heterocycles. The highest BCUT2D eigenvalue weighted by molar-refractivity contribution is 7.34. The van der Waals surface area contributed by atoms with Gasteiger partial charge in [0.05, 0.1) is 46.3 Å². The van der Waals surface area contributed by atoms with Gasteiger partial charge in [-0.15, -0.1) is 68.0 Å². The van der Waals surface area contributed by atoms with E-state index in [4.69, 9.17) is 4.74 Å². The number of allylic oxidation sites excluding steroid dienone is 6. The number of carbonyl (C=O) groups excluding carboxylic acids is 2. The van der Waals surface area contributed by atoms with E-state index >= 15 is 0 Å². The average Bonchev–Trinajstić information content (AvgIpc) is 1.49. The number of hydrogen-bond acceptors (Lipinski definition) is 16. The third kappa shape index (κ3) is 13.2. The van der Waals surface area contributed by atoms with E-state index in [0.717, 1.165) is 104 Å². The molecule has 1 N–H and O–H groups in total. The van der Waals surface area contributed by atoms with E-state index in [-0.39, 0.29) is 34.0 Å². The van der Waals surface area contributed by atoms with Gasteiger partial charge in [0.1, 0.15) is 46.9 Å². The van der Waals surface area contributed by atoms with Crippen molar-refractivity contribution < 1.29 is 19.4 Å². The largest absolute Gasteiger partial charge is 0.506 e. The smallest absolute Gasteiger partial charge is 0.195 e. The van der Waals surface area contributed by atoms with Crippen LogP contribution in [0.25, 0.3) is 82.5 Å². The maximum Gasteiger partial charge on any atom is 0.195 e. The van der Waals surface area contributed by atoms with Crippen molar-refractivity contribution in [2.75, 3.05) is 6.61 Å². The Morgan fingerprint density at radius 2 is 0.807 bits per heavy atom. The number of carbonyl (C=O) groups is 2. The van der Waals surface area contributed by atoms with Crippen molar-refractivity contribution in [1.29, 1.82) is 21.0 Å². The molecule has 0 aliphatic heterocycles. The van der Waals surface area contributed by atoms with Crippen molar-refractivity contribution in [3.05, 3.63) is 277 Å². The van der Waals surface area contributed by atoms with Crippen molar-refractivity contribution in [3.8, 4) is 76.2 Å². The molecule has 1 atom stereocenters. The molecule has 5 aromatic carbocycles. The van der Waals surface area contributed by atoms with E-state index in [1.165, 1.54) is 178 Å². The summed E-state index contributed by atoms with van der Waals surface area (Å²) in [6.45, 7) is 9.56. The first kappa shape index (κ1) is 76.7. The Morgan fingerprint density at radius 3 is 1.24 bits per heavy atom. The summed E-state index contributed by atoms with van der Waals surface area (Å²) in [6, 6.07) is 62.0. The van der Waals surface area contributed by atoms with E-state index in [9.17, 15) is 35.7 Å². The first-order chi connectivity index (χ1) is 55.9. The fourth-order valence-corrected chi connectivity index (χ4v) is 27.2. The lowest BCUT2D eigenvalue weighted by Gasteiger charge is -2.35. The lowest BCUT2D eigenvalue weighted by Crippen LogP contribution is -2.30. The molecule has 17 rings (SSSR count). The molecule has 4 aliphatic rings. The SMILES string of the molecule is CCCCCCOc1cc(/C=C2\C(=O)c3cscc3C2=C(C#N)C#N)sc1-c1cc2sc3c(c2s1)C(c1ccc(CCCCCC)cc1)(c1ccc(CCCCCC)cc1)c1cc2c(cc1-3)C(c1ccccc1)(c1ccc(CCCCCC)cc1)c1c-2sc2cc(-c3sc(/C=C4\C(=O)c5cscc5C4=C(C#N)C#N)cc3O)sc12. The number of aromatic hydroxyl groups is 1. The Morgan fingerprint density at radius 1 is 0.412 bits per heavy atom. The Balaban J connectivity index is 0.894. The van der Waals surface area contributed by atoms with E-state index in [2.05, 4.69) is 173 Å². The molecule has 13 aromatic rings. The summed E-state index contributed by atoms with van der Waals surface area (Å²) < 4.78 is 11.6. The Kier molecular flexibility index (Phi) is 22.0. The van der Waals surface area contributed by atoms with Crippen LogP contribution in [0, 0.1) is 45.3 Å². The summed E-state index contributed by atoms with van der Waals surface area (Å²) in [7, 11) is 0. The molecule has 4 aliphatic carbocycles. The molecule has 0 fully saturated rings. The van der Waals surface area contributed by atoms with Gasteiger partial charge in [-0.3, -0.25) is 9.59 Å². The van der Waals surface area contributed by atoms with Gasteiger partial charge in [0.2, 0.25) is 0 Å². The monoisotopic (exact) mass is 1630 g/mol. The first-order valence-electron chi connectivity index (χ1n) is 39.9. The van der Waals surface area contributed by atoms with Crippen LogP contribution in [0.15, 0.2) is 183 Å². The summed E-state index contributed by atoms with van der Waals surface area (Å²) in [5.74, 6) is 0.404. The van der Waals surface area contributed by atoms with Crippen molar-refractivity contribution in [1.82, 2.24) is 0 Å². The molecule has 0 amide bonds. The van der Waals surface area contributed by atoms with Crippen LogP contribution in [0.1, 0.15) is 233 Å². The van der Waals surface area contributed by atoms with Gasteiger partial charge in [0, 0.05) is 95.3 Å².